The lowest BCUT2D eigenvalue weighted by Gasteiger charge is -2.32. The monoisotopic (exact) mass is 494 g/mol. The molecule has 6 heteroatoms. The van der Waals surface area contributed by atoms with Gasteiger partial charge in [0.1, 0.15) is 5.82 Å². The lowest BCUT2D eigenvalue weighted by molar-refractivity contribution is 0.175. The molecule has 1 fully saturated rings. The first-order valence-corrected chi connectivity index (χ1v) is 12.2. The summed E-state index contributed by atoms with van der Waals surface area (Å²) in [6, 6.07) is 18.6. The van der Waals surface area contributed by atoms with E-state index in [1.54, 1.807) is 0 Å². The van der Waals surface area contributed by atoms with E-state index in [0.29, 0.717) is 19.0 Å². The minimum atomic E-state index is 0.00635. The topological polar surface area (TPSA) is 64.2 Å². The number of hydrogen-bond acceptors (Lipinski definition) is 4. The molecule has 1 aromatic heterocycles. The standard InChI is InChI=1S/C26H31BrN4O/c1-2-24(30(15-14-28)17-20-8-12-22(27)13-9-20)25-29-16-23(21-10-11-21)26(32)31(25)18-19-6-4-3-5-7-19/h3-9,12-13,16,21,24H,2,10-11,14-15,17-18,28H2,1H3. The fraction of sp³-hybridized carbons (Fsp3) is 0.385. The number of nitrogens with two attached hydrogens (primary N) is 1. The van der Waals surface area contributed by atoms with Gasteiger partial charge in [-0.25, -0.2) is 4.98 Å². The minimum Gasteiger partial charge on any atom is -0.329 e. The van der Waals surface area contributed by atoms with Crippen molar-refractivity contribution in [1.82, 2.24) is 14.5 Å². The number of halogens is 1. The largest absolute Gasteiger partial charge is 0.329 e. The van der Waals surface area contributed by atoms with Gasteiger partial charge in [0.2, 0.25) is 0 Å². The van der Waals surface area contributed by atoms with Crippen LogP contribution in [-0.4, -0.2) is 27.5 Å². The molecular weight excluding hydrogens is 464 g/mol. The van der Waals surface area contributed by atoms with Gasteiger partial charge in [0.15, 0.2) is 0 Å². The van der Waals surface area contributed by atoms with Crippen molar-refractivity contribution in [3.63, 3.8) is 0 Å². The zero-order valence-corrected chi connectivity index (χ0v) is 20.2. The van der Waals surface area contributed by atoms with Crippen LogP contribution in [0.15, 0.2) is 70.1 Å². The van der Waals surface area contributed by atoms with Crippen molar-refractivity contribution in [2.45, 2.75) is 51.2 Å². The molecule has 1 heterocycles. The smallest absolute Gasteiger partial charge is 0.257 e. The number of rotatable bonds is 10. The van der Waals surface area contributed by atoms with Gasteiger partial charge >= 0.3 is 0 Å². The number of aromatic nitrogens is 2. The Morgan fingerprint density at radius 1 is 1.12 bits per heavy atom. The molecule has 0 saturated heterocycles. The Balaban J connectivity index is 1.72. The predicted octanol–water partition coefficient (Wildman–Crippen LogP) is 4.84. The van der Waals surface area contributed by atoms with E-state index in [1.165, 1.54) is 5.56 Å². The van der Waals surface area contributed by atoms with E-state index >= 15 is 0 Å². The Hall–Kier alpha value is -2.28. The average molecular weight is 495 g/mol. The van der Waals surface area contributed by atoms with Crippen LogP contribution in [0.5, 0.6) is 0 Å². The summed E-state index contributed by atoms with van der Waals surface area (Å²) in [4.78, 5) is 20.8. The highest BCUT2D eigenvalue weighted by atomic mass is 79.9. The molecule has 1 atom stereocenters. The number of hydrogen-bond donors (Lipinski definition) is 1. The molecule has 0 bridgehead atoms. The zero-order chi connectivity index (χ0) is 22.5. The molecular formula is C26H31BrN4O. The van der Waals surface area contributed by atoms with E-state index in [0.717, 1.165) is 53.8 Å². The van der Waals surface area contributed by atoms with Crippen molar-refractivity contribution in [2.24, 2.45) is 5.73 Å². The Labute approximate surface area is 198 Å². The van der Waals surface area contributed by atoms with Crippen LogP contribution in [0.3, 0.4) is 0 Å². The molecule has 4 rings (SSSR count). The summed E-state index contributed by atoms with van der Waals surface area (Å²) in [6.07, 6.45) is 4.85. The third-order valence-electron chi connectivity index (χ3n) is 6.15. The molecule has 0 amide bonds. The summed E-state index contributed by atoms with van der Waals surface area (Å²) in [6.45, 7) is 4.74. The van der Waals surface area contributed by atoms with Crippen LogP contribution in [0.25, 0.3) is 0 Å². The Kier molecular flexibility index (Phi) is 7.55. The van der Waals surface area contributed by atoms with E-state index in [-0.39, 0.29) is 11.6 Å². The van der Waals surface area contributed by atoms with Gasteiger partial charge in [-0.1, -0.05) is 65.3 Å². The maximum Gasteiger partial charge on any atom is 0.257 e. The molecule has 3 aromatic rings. The third-order valence-corrected chi connectivity index (χ3v) is 6.67. The van der Waals surface area contributed by atoms with E-state index in [2.05, 4.69) is 64.2 Å². The van der Waals surface area contributed by atoms with Crippen molar-refractivity contribution < 1.29 is 0 Å². The van der Waals surface area contributed by atoms with Crippen molar-refractivity contribution in [3.8, 4) is 0 Å². The molecule has 32 heavy (non-hydrogen) atoms. The van der Waals surface area contributed by atoms with Crippen molar-refractivity contribution in [2.75, 3.05) is 13.1 Å². The van der Waals surface area contributed by atoms with Crippen LogP contribution in [0, 0.1) is 0 Å². The van der Waals surface area contributed by atoms with Crippen molar-refractivity contribution >= 4 is 15.9 Å². The van der Waals surface area contributed by atoms with Crippen molar-refractivity contribution in [1.29, 1.82) is 0 Å². The van der Waals surface area contributed by atoms with Crippen LogP contribution in [0.2, 0.25) is 0 Å². The zero-order valence-electron chi connectivity index (χ0n) is 18.6. The minimum absolute atomic E-state index is 0.00635. The highest BCUT2D eigenvalue weighted by molar-refractivity contribution is 9.10. The molecule has 1 aliphatic rings. The van der Waals surface area contributed by atoms with E-state index < -0.39 is 0 Å². The molecule has 5 nitrogen and oxygen atoms in total. The Bertz CT molecular complexity index is 1080. The Morgan fingerprint density at radius 2 is 1.84 bits per heavy atom. The van der Waals surface area contributed by atoms with E-state index in [4.69, 9.17) is 10.7 Å². The normalized spacial score (nSPS) is 14.6. The highest BCUT2D eigenvalue weighted by Crippen LogP contribution is 2.38. The van der Waals surface area contributed by atoms with Crippen molar-refractivity contribution in [3.05, 3.63) is 98.1 Å². The van der Waals surface area contributed by atoms with Gasteiger partial charge < -0.3 is 5.73 Å². The lowest BCUT2D eigenvalue weighted by atomic mass is 10.1. The first-order valence-electron chi connectivity index (χ1n) is 11.4. The molecule has 0 radical (unpaired) electrons. The average Bonchev–Trinajstić information content (AvgIpc) is 3.64. The SMILES string of the molecule is CCC(c1ncc(C2CC2)c(=O)n1Cc1ccccc1)N(CCN)Cc1ccc(Br)cc1. The van der Waals surface area contributed by atoms with Crippen LogP contribution in [0.4, 0.5) is 0 Å². The van der Waals surface area contributed by atoms with Gasteiger partial charge in [-0.3, -0.25) is 14.3 Å². The molecule has 2 aromatic carbocycles. The number of nitrogens with zero attached hydrogens (tertiary/aromatic N) is 3. The highest BCUT2D eigenvalue weighted by Gasteiger charge is 2.30. The maximum absolute atomic E-state index is 13.5. The summed E-state index contributed by atoms with van der Waals surface area (Å²) in [5.74, 6) is 1.20. The number of benzene rings is 2. The first kappa shape index (κ1) is 22.9. The lowest BCUT2D eigenvalue weighted by Crippen LogP contribution is -2.38. The summed E-state index contributed by atoms with van der Waals surface area (Å²) >= 11 is 3.51. The van der Waals surface area contributed by atoms with E-state index in [9.17, 15) is 4.79 Å². The molecule has 1 unspecified atom stereocenters. The second kappa shape index (κ2) is 10.6. The van der Waals surface area contributed by atoms with Gasteiger partial charge in [-0.2, -0.15) is 0 Å². The molecule has 0 aliphatic heterocycles. The van der Waals surface area contributed by atoms with E-state index in [1.807, 2.05) is 29.0 Å². The van der Waals surface area contributed by atoms with Gasteiger partial charge in [0.25, 0.3) is 5.56 Å². The summed E-state index contributed by atoms with van der Waals surface area (Å²) in [5.41, 5.74) is 9.29. The summed E-state index contributed by atoms with van der Waals surface area (Å²) < 4.78 is 2.97. The van der Waals surface area contributed by atoms with Gasteiger partial charge in [0, 0.05) is 35.9 Å². The predicted molar refractivity (Wildman–Crippen MR) is 133 cm³/mol. The molecule has 1 saturated carbocycles. The molecule has 1 aliphatic carbocycles. The van der Waals surface area contributed by atoms with Crippen LogP contribution >= 0.6 is 15.9 Å². The fourth-order valence-electron chi connectivity index (χ4n) is 4.32. The second-order valence-electron chi connectivity index (χ2n) is 8.53. The molecule has 168 valence electrons. The van der Waals surface area contributed by atoms with Gasteiger partial charge in [0.05, 0.1) is 12.6 Å². The van der Waals surface area contributed by atoms with Crippen LogP contribution < -0.4 is 11.3 Å². The maximum atomic E-state index is 13.5. The molecule has 2 N–H and O–H groups in total. The molecule has 0 spiro atoms. The first-order chi connectivity index (χ1) is 15.6. The Morgan fingerprint density at radius 3 is 2.47 bits per heavy atom. The second-order valence-corrected chi connectivity index (χ2v) is 9.45. The summed E-state index contributed by atoms with van der Waals surface area (Å²) in [7, 11) is 0. The fourth-order valence-corrected chi connectivity index (χ4v) is 4.58. The van der Waals surface area contributed by atoms with Crippen LogP contribution in [-0.2, 0) is 13.1 Å². The third kappa shape index (κ3) is 5.37. The summed E-state index contributed by atoms with van der Waals surface area (Å²) in [5, 5.41) is 0. The van der Waals surface area contributed by atoms with Gasteiger partial charge in [-0.05, 0) is 48.4 Å². The van der Waals surface area contributed by atoms with Crippen LogP contribution in [0.1, 0.15) is 60.7 Å². The van der Waals surface area contributed by atoms with Gasteiger partial charge in [-0.15, -0.1) is 0 Å². The quantitative estimate of drug-likeness (QED) is 0.437.